The zero-order valence-electron chi connectivity index (χ0n) is 12.7. The summed E-state index contributed by atoms with van der Waals surface area (Å²) >= 11 is 0. The molecule has 0 bridgehead atoms. The van der Waals surface area contributed by atoms with Crippen LogP contribution in [-0.4, -0.2) is 54.8 Å². The second-order valence-electron chi connectivity index (χ2n) is 6.29. The van der Waals surface area contributed by atoms with Crippen LogP contribution in [0.5, 0.6) is 0 Å². The Morgan fingerprint density at radius 2 is 2.27 bits per heavy atom. The van der Waals surface area contributed by atoms with Gasteiger partial charge < -0.3 is 19.4 Å². The van der Waals surface area contributed by atoms with Crippen molar-refractivity contribution in [2.75, 3.05) is 33.4 Å². The van der Waals surface area contributed by atoms with Gasteiger partial charge >= 0.3 is 0 Å². The van der Waals surface area contributed by atoms with Gasteiger partial charge in [-0.15, -0.1) is 0 Å². The summed E-state index contributed by atoms with van der Waals surface area (Å²) in [6.07, 6.45) is 1.02. The molecule has 1 aromatic carbocycles. The van der Waals surface area contributed by atoms with Gasteiger partial charge in [-0.3, -0.25) is 4.79 Å². The van der Waals surface area contributed by atoms with Crippen LogP contribution in [0, 0.1) is 5.92 Å². The molecule has 22 heavy (non-hydrogen) atoms. The van der Waals surface area contributed by atoms with E-state index in [0.29, 0.717) is 31.3 Å². The van der Waals surface area contributed by atoms with E-state index in [-0.39, 0.29) is 11.5 Å². The number of carbonyl (C=O) groups excluding carboxylic acids is 1. The van der Waals surface area contributed by atoms with Crippen LogP contribution < -0.4 is 0 Å². The number of para-hydroxylation sites is 1. The van der Waals surface area contributed by atoms with E-state index in [9.17, 15) is 4.79 Å². The Hall–Kier alpha value is -1.85. The molecule has 0 saturated carbocycles. The van der Waals surface area contributed by atoms with Crippen molar-refractivity contribution >= 4 is 16.8 Å². The molecule has 5 heteroatoms. The number of nitrogens with zero attached hydrogens (tertiary/aromatic N) is 1. The molecule has 2 saturated heterocycles. The Morgan fingerprint density at radius 1 is 1.45 bits per heavy atom. The lowest BCUT2D eigenvalue weighted by atomic mass is 9.81. The number of H-pyrrole nitrogens is 1. The average molecular weight is 300 g/mol. The molecule has 1 N–H and O–H groups in total. The SMILES string of the molecule is COC[C@@H]1CCOC12CN(C(=O)c1cc3ccccc3[nH]1)C2. The highest BCUT2D eigenvalue weighted by atomic mass is 16.5. The molecule has 0 unspecified atom stereocenters. The molecular formula is C17H20N2O3. The Labute approximate surface area is 129 Å². The fourth-order valence-electron chi connectivity index (χ4n) is 3.67. The topological polar surface area (TPSA) is 54.6 Å². The maximum absolute atomic E-state index is 12.6. The van der Waals surface area contributed by atoms with Crippen LogP contribution in [0.3, 0.4) is 0 Å². The van der Waals surface area contributed by atoms with E-state index in [1.165, 1.54) is 0 Å². The van der Waals surface area contributed by atoms with E-state index in [4.69, 9.17) is 9.47 Å². The van der Waals surface area contributed by atoms with Gasteiger partial charge in [0.05, 0.1) is 19.7 Å². The standard InChI is InChI=1S/C17H20N2O3/c1-21-9-13-6-7-22-17(13)10-19(11-17)16(20)15-8-12-4-2-3-5-14(12)18-15/h2-5,8,13,18H,6-7,9-11H2,1H3/t13-/m0/s1. The molecule has 4 rings (SSSR count). The van der Waals surface area contributed by atoms with Gasteiger partial charge in [-0.2, -0.15) is 0 Å². The summed E-state index contributed by atoms with van der Waals surface area (Å²) in [4.78, 5) is 17.7. The summed E-state index contributed by atoms with van der Waals surface area (Å²) in [6, 6.07) is 9.86. The maximum Gasteiger partial charge on any atom is 0.270 e. The number of amides is 1. The van der Waals surface area contributed by atoms with Gasteiger partial charge in [0.25, 0.3) is 5.91 Å². The van der Waals surface area contributed by atoms with Crippen LogP contribution in [0.1, 0.15) is 16.9 Å². The third-order valence-corrected chi connectivity index (χ3v) is 4.93. The van der Waals surface area contributed by atoms with Gasteiger partial charge in [0.1, 0.15) is 11.3 Å². The van der Waals surface area contributed by atoms with Crippen molar-refractivity contribution in [2.45, 2.75) is 12.0 Å². The van der Waals surface area contributed by atoms with E-state index >= 15 is 0 Å². The van der Waals surface area contributed by atoms with Crippen molar-refractivity contribution in [1.29, 1.82) is 0 Å². The Morgan fingerprint density at radius 3 is 3.05 bits per heavy atom. The summed E-state index contributed by atoms with van der Waals surface area (Å²) in [5.74, 6) is 0.442. The second kappa shape index (κ2) is 5.11. The van der Waals surface area contributed by atoms with E-state index in [2.05, 4.69) is 4.98 Å². The number of aromatic amines is 1. The highest BCUT2D eigenvalue weighted by Gasteiger charge is 2.54. The first-order valence-electron chi connectivity index (χ1n) is 7.72. The molecule has 1 spiro atoms. The molecular weight excluding hydrogens is 280 g/mol. The number of carbonyl (C=O) groups is 1. The number of hydrogen-bond acceptors (Lipinski definition) is 3. The first-order valence-corrected chi connectivity index (χ1v) is 7.72. The number of nitrogens with one attached hydrogen (secondary N) is 1. The minimum Gasteiger partial charge on any atom is -0.384 e. The Kier molecular flexibility index (Phi) is 3.20. The first-order chi connectivity index (χ1) is 10.7. The number of aromatic nitrogens is 1. The monoisotopic (exact) mass is 300 g/mol. The first kappa shape index (κ1) is 13.8. The predicted octanol–water partition coefficient (Wildman–Crippen LogP) is 2.05. The molecule has 2 aliphatic rings. The van der Waals surface area contributed by atoms with Gasteiger partial charge in [-0.1, -0.05) is 18.2 Å². The van der Waals surface area contributed by atoms with Gasteiger partial charge in [0.2, 0.25) is 0 Å². The van der Waals surface area contributed by atoms with Gasteiger partial charge in [-0.25, -0.2) is 0 Å². The predicted molar refractivity (Wildman–Crippen MR) is 82.9 cm³/mol. The minimum absolute atomic E-state index is 0.0495. The quantitative estimate of drug-likeness (QED) is 0.944. The molecule has 3 heterocycles. The summed E-state index contributed by atoms with van der Waals surface area (Å²) in [6.45, 7) is 2.79. The van der Waals surface area contributed by atoms with Gasteiger partial charge in [0, 0.05) is 30.5 Å². The lowest BCUT2D eigenvalue weighted by Crippen LogP contribution is -2.66. The molecule has 1 amide bonds. The van der Waals surface area contributed by atoms with Crippen LogP contribution in [0.4, 0.5) is 0 Å². The molecule has 2 aromatic rings. The molecule has 0 radical (unpaired) electrons. The molecule has 2 aliphatic heterocycles. The van der Waals surface area contributed by atoms with Crippen LogP contribution in [0.25, 0.3) is 10.9 Å². The number of benzene rings is 1. The molecule has 116 valence electrons. The van der Waals surface area contributed by atoms with Crippen LogP contribution in [0.15, 0.2) is 30.3 Å². The molecule has 0 aliphatic carbocycles. The fraction of sp³-hybridized carbons (Fsp3) is 0.471. The Bertz CT molecular complexity index is 670. The normalized spacial score (nSPS) is 23.1. The average Bonchev–Trinajstić information content (AvgIpc) is 3.09. The van der Waals surface area contributed by atoms with Crippen LogP contribution >= 0.6 is 0 Å². The van der Waals surface area contributed by atoms with Crippen molar-refractivity contribution in [1.82, 2.24) is 9.88 Å². The number of hydrogen-bond donors (Lipinski definition) is 1. The van der Waals surface area contributed by atoms with Crippen LogP contribution in [-0.2, 0) is 9.47 Å². The third kappa shape index (κ3) is 2.04. The lowest BCUT2D eigenvalue weighted by Gasteiger charge is -2.49. The van der Waals surface area contributed by atoms with Crippen molar-refractivity contribution in [3.05, 3.63) is 36.0 Å². The largest absolute Gasteiger partial charge is 0.384 e. The molecule has 2 fully saturated rings. The van der Waals surface area contributed by atoms with Crippen molar-refractivity contribution in [3.8, 4) is 0 Å². The van der Waals surface area contributed by atoms with E-state index in [0.717, 1.165) is 23.9 Å². The highest BCUT2D eigenvalue weighted by Crippen LogP contribution is 2.40. The van der Waals surface area contributed by atoms with E-state index < -0.39 is 0 Å². The van der Waals surface area contributed by atoms with Crippen molar-refractivity contribution < 1.29 is 14.3 Å². The minimum atomic E-state index is -0.183. The summed E-state index contributed by atoms with van der Waals surface area (Å²) in [7, 11) is 1.72. The zero-order valence-corrected chi connectivity index (χ0v) is 12.7. The highest BCUT2D eigenvalue weighted by molar-refractivity contribution is 5.98. The lowest BCUT2D eigenvalue weighted by molar-refractivity contribution is -0.126. The molecule has 1 aromatic heterocycles. The van der Waals surface area contributed by atoms with Gasteiger partial charge in [0.15, 0.2) is 0 Å². The second-order valence-corrected chi connectivity index (χ2v) is 6.29. The molecule has 1 atom stereocenters. The third-order valence-electron chi connectivity index (χ3n) is 4.93. The number of methoxy groups -OCH3 is 1. The smallest absolute Gasteiger partial charge is 0.270 e. The summed E-state index contributed by atoms with van der Waals surface area (Å²) < 4.78 is 11.2. The number of likely N-dealkylation sites (tertiary alicyclic amines) is 1. The van der Waals surface area contributed by atoms with E-state index in [1.54, 1.807) is 7.11 Å². The Balaban J connectivity index is 1.49. The number of rotatable bonds is 3. The van der Waals surface area contributed by atoms with Crippen molar-refractivity contribution in [3.63, 3.8) is 0 Å². The van der Waals surface area contributed by atoms with Crippen molar-refractivity contribution in [2.24, 2.45) is 5.92 Å². The number of fused-ring (bicyclic) bond motifs is 1. The van der Waals surface area contributed by atoms with Crippen LogP contribution in [0.2, 0.25) is 0 Å². The van der Waals surface area contributed by atoms with Gasteiger partial charge in [-0.05, 0) is 18.6 Å². The zero-order chi connectivity index (χ0) is 15.2. The summed E-state index contributed by atoms with van der Waals surface area (Å²) in [5, 5.41) is 1.07. The molecule has 5 nitrogen and oxygen atoms in total. The summed E-state index contributed by atoms with van der Waals surface area (Å²) in [5.41, 5.74) is 1.46. The number of ether oxygens (including phenoxy) is 2. The maximum atomic E-state index is 12.6. The fourth-order valence-corrected chi connectivity index (χ4v) is 3.67. The van der Waals surface area contributed by atoms with E-state index in [1.807, 2.05) is 35.2 Å².